The first-order valence-corrected chi connectivity index (χ1v) is 25.2. The van der Waals surface area contributed by atoms with Gasteiger partial charge in [0.05, 0.1) is 0 Å². The molecule has 0 amide bonds. The van der Waals surface area contributed by atoms with Crippen molar-refractivity contribution in [1.29, 1.82) is 0 Å². The monoisotopic (exact) mass is 845 g/mol. The van der Waals surface area contributed by atoms with E-state index in [4.69, 9.17) is 15.0 Å². The van der Waals surface area contributed by atoms with Crippen LogP contribution in [0.2, 0.25) is 0 Å². The summed E-state index contributed by atoms with van der Waals surface area (Å²) in [4.78, 5) is 15.8. The highest BCUT2D eigenvalue weighted by Crippen LogP contribution is 2.64. The Balaban J connectivity index is 0.871. The number of nitrogens with zero attached hydrogens (tertiary/aromatic N) is 3. The van der Waals surface area contributed by atoms with Crippen LogP contribution in [0.15, 0.2) is 140 Å². The molecule has 322 valence electrons. The van der Waals surface area contributed by atoms with Gasteiger partial charge in [0.2, 0.25) is 0 Å². The van der Waals surface area contributed by atoms with Crippen LogP contribution in [0.25, 0.3) is 67.5 Å². The van der Waals surface area contributed by atoms with Crippen LogP contribution in [0.4, 0.5) is 0 Å². The first-order valence-electron chi connectivity index (χ1n) is 25.2. The highest BCUT2D eigenvalue weighted by molar-refractivity contribution is 5.84. The summed E-state index contributed by atoms with van der Waals surface area (Å²) in [5.74, 6) is 7.66. The second kappa shape index (κ2) is 14.2. The van der Waals surface area contributed by atoms with Crippen molar-refractivity contribution in [2.45, 2.75) is 107 Å². The lowest BCUT2D eigenvalue weighted by Gasteiger charge is -2.58. The van der Waals surface area contributed by atoms with Gasteiger partial charge >= 0.3 is 0 Å². The molecule has 0 unspecified atom stereocenters. The highest BCUT2D eigenvalue weighted by atomic mass is 15.0. The number of aromatic nitrogens is 3. The van der Waals surface area contributed by atoms with Crippen LogP contribution in [-0.2, 0) is 16.2 Å². The maximum atomic E-state index is 5.34. The molecule has 3 heteroatoms. The zero-order chi connectivity index (χ0) is 43.1. The topological polar surface area (TPSA) is 38.7 Å². The van der Waals surface area contributed by atoms with E-state index < -0.39 is 0 Å². The van der Waals surface area contributed by atoms with Crippen molar-refractivity contribution < 1.29 is 0 Å². The summed E-state index contributed by atoms with van der Waals surface area (Å²) in [5, 5.41) is 0. The van der Waals surface area contributed by atoms with E-state index in [1.165, 1.54) is 116 Å². The molecule has 0 atom stereocenters. The van der Waals surface area contributed by atoms with Gasteiger partial charge in [-0.25, -0.2) is 15.0 Å². The molecule has 3 nitrogen and oxygen atoms in total. The summed E-state index contributed by atoms with van der Waals surface area (Å²) in [5.41, 5.74) is 17.5. The van der Waals surface area contributed by atoms with Gasteiger partial charge in [0.1, 0.15) is 0 Å². The van der Waals surface area contributed by atoms with Gasteiger partial charge in [-0.3, -0.25) is 0 Å². The second-order valence-corrected chi connectivity index (χ2v) is 23.0. The van der Waals surface area contributed by atoms with Crippen molar-refractivity contribution >= 4 is 0 Å². The zero-order valence-corrected chi connectivity index (χ0v) is 38.1. The molecule has 7 aromatic rings. The predicted octanol–water partition coefficient (Wildman–Crippen LogP) is 15.4. The smallest absolute Gasteiger partial charge is 0.164 e. The Morgan fingerprint density at radius 2 is 0.754 bits per heavy atom. The maximum absolute atomic E-state index is 5.34. The number of fused-ring (bicyclic) bond motifs is 3. The van der Waals surface area contributed by atoms with Gasteiger partial charge in [-0.05, 0) is 197 Å². The number of benzene rings is 6. The van der Waals surface area contributed by atoms with E-state index >= 15 is 0 Å². The highest BCUT2D eigenvalue weighted by Gasteiger charge is 2.54. The fraction of sp³-hybridized carbons (Fsp3) is 0.371. The van der Waals surface area contributed by atoms with E-state index in [2.05, 4.69) is 153 Å². The molecular weight excluding hydrogens is 787 g/mol. The van der Waals surface area contributed by atoms with Gasteiger partial charge in [0.25, 0.3) is 0 Å². The van der Waals surface area contributed by atoms with Crippen molar-refractivity contribution in [3.05, 3.63) is 162 Å². The van der Waals surface area contributed by atoms with Crippen LogP contribution < -0.4 is 0 Å². The molecule has 1 heterocycles. The van der Waals surface area contributed by atoms with E-state index in [0.717, 1.165) is 63.6 Å². The fourth-order valence-electron chi connectivity index (χ4n) is 16.2. The van der Waals surface area contributed by atoms with Crippen molar-refractivity contribution in [2.24, 2.45) is 35.5 Å². The number of hydrogen-bond donors (Lipinski definition) is 0. The molecule has 6 aromatic carbocycles. The van der Waals surface area contributed by atoms with Crippen LogP contribution in [0.3, 0.4) is 0 Å². The molecule has 0 N–H and O–H groups in total. The Kier molecular flexibility index (Phi) is 8.41. The van der Waals surface area contributed by atoms with Gasteiger partial charge in [-0.2, -0.15) is 0 Å². The average molecular weight is 846 g/mol. The molecule has 0 radical (unpaired) electrons. The summed E-state index contributed by atoms with van der Waals surface area (Å²) >= 11 is 0. The van der Waals surface area contributed by atoms with Crippen LogP contribution in [0, 0.1) is 35.5 Å². The van der Waals surface area contributed by atoms with Crippen molar-refractivity contribution in [3.63, 3.8) is 0 Å². The van der Waals surface area contributed by atoms with Gasteiger partial charge < -0.3 is 0 Å². The first kappa shape index (κ1) is 38.6. The second-order valence-electron chi connectivity index (χ2n) is 23.0. The largest absolute Gasteiger partial charge is 0.208 e. The molecule has 8 bridgehead atoms. The van der Waals surface area contributed by atoms with Gasteiger partial charge in [-0.1, -0.05) is 135 Å². The van der Waals surface area contributed by atoms with E-state index in [0.29, 0.717) is 22.5 Å². The summed E-state index contributed by atoms with van der Waals surface area (Å²) in [6.45, 7) is 4.71. The van der Waals surface area contributed by atoms with Crippen molar-refractivity contribution in [2.75, 3.05) is 0 Å². The summed E-state index contributed by atoms with van der Waals surface area (Å²) in [6, 6.07) is 52.4. The Hall–Kier alpha value is -5.67. The SMILES string of the molecule is CC1(C)c2ccccc2-c2ccc(-c3cccc(-c4nc(-c5ccccc5)nc(-c5cccc(-c6cc(C78CC9CC(CC(C9)C7)C8)cc(C78CC9CC(CC(C9)C7)C8)c6)c5)n4)c3)cc21. The minimum Gasteiger partial charge on any atom is -0.208 e. The standard InChI is InChI=1S/C62H59N3/c1-60(2)55-17-7-6-16-53(55)54-19-18-47(30-56(54)60)45-12-8-14-48(26-45)58-63-57(44-10-4-3-5-11-44)64-59(65-58)49-15-9-13-46(27-49)50-28-51(61-32-38-20-39(33-61)22-40(21-38)34-61)31-52(29-50)62-35-41-23-42(36-62)25-43(24-41)37-62/h3-19,26-31,38-43H,20-25,32-37H2,1-2H3. The van der Waals surface area contributed by atoms with Gasteiger partial charge in [-0.15, -0.1) is 0 Å². The normalized spacial score (nSPS) is 29.5. The quantitative estimate of drug-likeness (QED) is 0.160. The summed E-state index contributed by atoms with van der Waals surface area (Å²) < 4.78 is 0. The van der Waals surface area contributed by atoms with E-state index in [1.807, 2.05) is 0 Å². The van der Waals surface area contributed by atoms with Crippen LogP contribution in [0.5, 0.6) is 0 Å². The Bertz CT molecular complexity index is 2910. The zero-order valence-electron chi connectivity index (χ0n) is 38.1. The first-order chi connectivity index (χ1) is 31.7. The van der Waals surface area contributed by atoms with Crippen LogP contribution >= 0.6 is 0 Å². The minimum absolute atomic E-state index is 0.0612. The van der Waals surface area contributed by atoms with Gasteiger partial charge in [0.15, 0.2) is 17.5 Å². The van der Waals surface area contributed by atoms with E-state index in [-0.39, 0.29) is 5.41 Å². The molecule has 65 heavy (non-hydrogen) atoms. The minimum atomic E-state index is -0.0612. The molecule has 0 aliphatic heterocycles. The third kappa shape index (κ3) is 6.23. The lowest BCUT2D eigenvalue weighted by Crippen LogP contribution is -2.50. The predicted molar refractivity (Wildman–Crippen MR) is 264 cm³/mol. The molecule has 9 aliphatic rings. The number of hydrogen-bond acceptors (Lipinski definition) is 3. The lowest BCUT2D eigenvalue weighted by molar-refractivity contribution is -0.00832. The van der Waals surface area contributed by atoms with Crippen molar-refractivity contribution in [1.82, 2.24) is 15.0 Å². The fourth-order valence-corrected chi connectivity index (χ4v) is 16.2. The molecular formula is C62H59N3. The summed E-state index contributed by atoms with van der Waals surface area (Å²) in [7, 11) is 0. The average Bonchev–Trinajstić information content (AvgIpc) is 3.56. The Morgan fingerprint density at radius 1 is 0.338 bits per heavy atom. The van der Waals surface area contributed by atoms with E-state index in [9.17, 15) is 0 Å². The molecule has 16 rings (SSSR count). The lowest BCUT2D eigenvalue weighted by atomic mass is 9.46. The summed E-state index contributed by atoms with van der Waals surface area (Å²) in [6.07, 6.45) is 17.3. The molecule has 1 aromatic heterocycles. The van der Waals surface area contributed by atoms with Crippen LogP contribution in [0.1, 0.15) is 113 Å². The molecule has 8 fully saturated rings. The molecule has 8 saturated carbocycles. The van der Waals surface area contributed by atoms with E-state index in [1.54, 1.807) is 11.1 Å². The number of rotatable bonds is 7. The third-order valence-corrected chi connectivity index (χ3v) is 18.4. The maximum Gasteiger partial charge on any atom is 0.164 e. The Morgan fingerprint density at radius 3 is 1.29 bits per heavy atom. The third-order valence-electron chi connectivity index (χ3n) is 18.4. The van der Waals surface area contributed by atoms with Gasteiger partial charge in [0, 0.05) is 22.1 Å². The molecule has 0 saturated heterocycles. The van der Waals surface area contributed by atoms with Crippen molar-refractivity contribution in [3.8, 4) is 67.5 Å². The molecule has 0 spiro atoms. The Labute approximate surface area is 385 Å². The molecule has 9 aliphatic carbocycles. The van der Waals surface area contributed by atoms with Crippen LogP contribution in [-0.4, -0.2) is 15.0 Å².